The van der Waals surface area contributed by atoms with Crippen LogP contribution in [-0.4, -0.2) is 44.4 Å². The average molecular weight is 212 g/mol. The zero-order valence-corrected chi connectivity index (χ0v) is 8.34. The summed E-state index contributed by atoms with van der Waals surface area (Å²) >= 11 is 0. The van der Waals surface area contributed by atoms with Crippen molar-refractivity contribution < 1.29 is 18.6 Å². The molecule has 0 bridgehead atoms. The summed E-state index contributed by atoms with van der Waals surface area (Å²) in [5.41, 5.74) is 0. The minimum Gasteiger partial charge on any atom is -0.394 e. The van der Waals surface area contributed by atoms with Crippen molar-refractivity contribution >= 4 is 10.2 Å². The monoisotopic (exact) mass is 212 g/mol. The van der Waals surface area contributed by atoms with Crippen LogP contribution in [0.25, 0.3) is 0 Å². The van der Waals surface area contributed by atoms with E-state index in [1.54, 1.807) is 0 Å². The van der Waals surface area contributed by atoms with E-state index >= 15 is 0 Å². The summed E-state index contributed by atoms with van der Waals surface area (Å²) in [7, 11) is -3.52. The number of hydrogen-bond acceptors (Lipinski definition) is 4. The molecule has 1 atom stereocenters. The molecule has 0 aromatic carbocycles. The lowest BCUT2D eigenvalue weighted by Gasteiger charge is -2.09. The highest BCUT2D eigenvalue weighted by atomic mass is 32.2. The van der Waals surface area contributed by atoms with Crippen LogP contribution < -0.4 is 9.44 Å². The van der Waals surface area contributed by atoms with E-state index in [4.69, 9.17) is 10.2 Å². The lowest BCUT2D eigenvalue weighted by molar-refractivity contribution is 0.0987. The molecule has 0 heterocycles. The van der Waals surface area contributed by atoms with Crippen molar-refractivity contribution in [2.24, 2.45) is 0 Å². The quantitative estimate of drug-likeness (QED) is 0.399. The summed E-state index contributed by atoms with van der Waals surface area (Å²) in [6, 6.07) is 0. The van der Waals surface area contributed by atoms with E-state index in [1.807, 2.05) is 6.92 Å². The second-order valence-electron chi connectivity index (χ2n) is 2.58. The van der Waals surface area contributed by atoms with Gasteiger partial charge in [-0.15, -0.1) is 0 Å². The topological polar surface area (TPSA) is 98.7 Å². The number of aliphatic hydroxyl groups is 2. The van der Waals surface area contributed by atoms with Gasteiger partial charge in [-0.2, -0.15) is 13.1 Å². The first kappa shape index (κ1) is 12.8. The fourth-order valence-electron chi connectivity index (χ4n) is 0.558. The molecule has 0 saturated heterocycles. The Morgan fingerprint density at radius 3 is 2.46 bits per heavy atom. The number of rotatable bonds is 7. The second-order valence-corrected chi connectivity index (χ2v) is 4.17. The largest absolute Gasteiger partial charge is 0.394 e. The molecule has 0 aromatic heterocycles. The maximum Gasteiger partial charge on any atom is 0.276 e. The molecule has 0 aliphatic carbocycles. The Labute approximate surface area is 78.1 Å². The van der Waals surface area contributed by atoms with Gasteiger partial charge in [-0.05, 0) is 6.42 Å². The highest BCUT2D eigenvalue weighted by molar-refractivity contribution is 7.87. The van der Waals surface area contributed by atoms with Gasteiger partial charge in [-0.1, -0.05) is 6.92 Å². The minimum absolute atomic E-state index is 0.185. The van der Waals surface area contributed by atoms with Gasteiger partial charge in [0.1, 0.15) is 0 Å². The summed E-state index contributed by atoms with van der Waals surface area (Å²) in [6.45, 7) is 1.54. The Kier molecular flexibility index (Phi) is 6.17. The van der Waals surface area contributed by atoms with Gasteiger partial charge in [0.25, 0.3) is 10.2 Å². The van der Waals surface area contributed by atoms with E-state index in [9.17, 15) is 8.42 Å². The van der Waals surface area contributed by atoms with Crippen LogP contribution in [-0.2, 0) is 10.2 Å². The first-order chi connectivity index (χ1) is 6.02. The fraction of sp³-hybridized carbons (Fsp3) is 1.00. The molecule has 0 aliphatic heterocycles. The van der Waals surface area contributed by atoms with E-state index in [1.165, 1.54) is 0 Å². The van der Waals surface area contributed by atoms with Crippen LogP contribution in [0.1, 0.15) is 13.3 Å². The lowest BCUT2D eigenvalue weighted by atomic mass is 10.4. The second kappa shape index (κ2) is 6.28. The Morgan fingerprint density at radius 2 is 2.00 bits per heavy atom. The minimum atomic E-state index is -3.52. The van der Waals surface area contributed by atoms with E-state index in [-0.39, 0.29) is 6.54 Å². The molecule has 0 aliphatic rings. The third-order valence-corrected chi connectivity index (χ3v) is 2.39. The predicted molar refractivity (Wildman–Crippen MR) is 48.3 cm³/mol. The lowest BCUT2D eigenvalue weighted by Crippen LogP contribution is -2.41. The molecular formula is C6H16N2O4S. The van der Waals surface area contributed by atoms with Gasteiger partial charge < -0.3 is 10.2 Å². The van der Waals surface area contributed by atoms with Crippen molar-refractivity contribution in [2.45, 2.75) is 19.4 Å². The van der Waals surface area contributed by atoms with Crippen molar-refractivity contribution in [3.8, 4) is 0 Å². The van der Waals surface area contributed by atoms with Crippen molar-refractivity contribution in [3.63, 3.8) is 0 Å². The van der Waals surface area contributed by atoms with Crippen molar-refractivity contribution in [2.75, 3.05) is 19.7 Å². The third kappa shape index (κ3) is 6.91. The van der Waals surface area contributed by atoms with E-state index in [0.717, 1.165) is 0 Å². The third-order valence-electron chi connectivity index (χ3n) is 1.26. The van der Waals surface area contributed by atoms with E-state index < -0.39 is 22.9 Å². The normalized spacial score (nSPS) is 14.4. The molecule has 0 rings (SSSR count). The molecule has 13 heavy (non-hydrogen) atoms. The Balaban J connectivity index is 3.76. The Hall–Kier alpha value is -0.210. The van der Waals surface area contributed by atoms with Gasteiger partial charge in [0.15, 0.2) is 0 Å². The number of nitrogens with one attached hydrogen (secondary N) is 2. The van der Waals surface area contributed by atoms with Crippen molar-refractivity contribution in [1.82, 2.24) is 9.44 Å². The van der Waals surface area contributed by atoms with Crippen LogP contribution in [0.5, 0.6) is 0 Å². The average Bonchev–Trinajstić information content (AvgIpc) is 2.11. The van der Waals surface area contributed by atoms with Crippen LogP contribution in [0.4, 0.5) is 0 Å². The highest BCUT2D eigenvalue weighted by Crippen LogP contribution is 1.82. The number of aliphatic hydroxyl groups excluding tert-OH is 2. The number of hydrogen-bond donors (Lipinski definition) is 4. The van der Waals surface area contributed by atoms with Crippen LogP contribution in [0.3, 0.4) is 0 Å². The van der Waals surface area contributed by atoms with Crippen LogP contribution in [0.2, 0.25) is 0 Å². The molecular weight excluding hydrogens is 196 g/mol. The molecule has 7 heteroatoms. The van der Waals surface area contributed by atoms with Crippen LogP contribution >= 0.6 is 0 Å². The first-order valence-corrected chi connectivity index (χ1v) is 5.53. The predicted octanol–water partition coefficient (Wildman–Crippen LogP) is -1.83. The van der Waals surface area contributed by atoms with E-state index in [2.05, 4.69) is 9.44 Å². The van der Waals surface area contributed by atoms with E-state index in [0.29, 0.717) is 13.0 Å². The van der Waals surface area contributed by atoms with Gasteiger partial charge in [-0.3, -0.25) is 0 Å². The van der Waals surface area contributed by atoms with Gasteiger partial charge in [-0.25, -0.2) is 4.72 Å². The van der Waals surface area contributed by atoms with Crippen LogP contribution in [0.15, 0.2) is 0 Å². The molecule has 0 amide bonds. The SMILES string of the molecule is CCCNS(=O)(=O)NCC(O)CO. The molecule has 80 valence electrons. The molecule has 4 N–H and O–H groups in total. The van der Waals surface area contributed by atoms with Gasteiger partial charge >= 0.3 is 0 Å². The summed E-state index contributed by atoms with van der Waals surface area (Å²) in [5.74, 6) is 0. The molecule has 0 aromatic rings. The van der Waals surface area contributed by atoms with Gasteiger partial charge in [0, 0.05) is 13.1 Å². The zero-order chi connectivity index (χ0) is 10.3. The first-order valence-electron chi connectivity index (χ1n) is 4.05. The summed E-state index contributed by atoms with van der Waals surface area (Å²) in [4.78, 5) is 0. The zero-order valence-electron chi connectivity index (χ0n) is 7.52. The molecule has 1 unspecified atom stereocenters. The molecule has 0 radical (unpaired) electrons. The fourth-order valence-corrected chi connectivity index (χ4v) is 1.54. The maximum atomic E-state index is 11.0. The van der Waals surface area contributed by atoms with Crippen LogP contribution in [0, 0.1) is 0 Å². The smallest absolute Gasteiger partial charge is 0.276 e. The summed E-state index contributed by atoms with van der Waals surface area (Å²) < 4.78 is 26.3. The molecule has 0 saturated carbocycles. The Morgan fingerprint density at radius 1 is 1.38 bits per heavy atom. The molecule has 0 spiro atoms. The summed E-state index contributed by atoms with van der Waals surface area (Å²) in [6.07, 6.45) is -0.359. The van der Waals surface area contributed by atoms with Crippen molar-refractivity contribution in [3.05, 3.63) is 0 Å². The Bertz CT molecular complexity index is 217. The molecule has 6 nitrogen and oxygen atoms in total. The maximum absolute atomic E-state index is 11.0. The molecule has 0 fully saturated rings. The summed E-state index contributed by atoms with van der Waals surface area (Å²) in [5, 5.41) is 17.2. The van der Waals surface area contributed by atoms with Gasteiger partial charge in [0.05, 0.1) is 12.7 Å². The standard InChI is InChI=1S/C6H16N2O4S/c1-2-3-7-13(11,12)8-4-6(10)5-9/h6-10H,2-5H2,1H3. The highest BCUT2D eigenvalue weighted by Gasteiger charge is 2.10. The van der Waals surface area contributed by atoms with Gasteiger partial charge in [0.2, 0.25) is 0 Å². The van der Waals surface area contributed by atoms with Crippen molar-refractivity contribution in [1.29, 1.82) is 0 Å².